The molecule has 1 unspecified atom stereocenters. The second kappa shape index (κ2) is 7.70. The number of esters is 1. The average Bonchev–Trinajstić information content (AvgIpc) is 2.54. The van der Waals surface area contributed by atoms with E-state index in [1.807, 2.05) is 6.92 Å². The van der Waals surface area contributed by atoms with E-state index in [0.29, 0.717) is 33.3 Å². The van der Waals surface area contributed by atoms with Crippen LogP contribution in [0.25, 0.3) is 0 Å². The van der Waals surface area contributed by atoms with Gasteiger partial charge < -0.3 is 15.4 Å². The van der Waals surface area contributed by atoms with E-state index < -0.39 is 12.0 Å². The number of carbonyl (C=O) groups is 2. The van der Waals surface area contributed by atoms with Crippen molar-refractivity contribution in [2.45, 2.75) is 32.2 Å². The van der Waals surface area contributed by atoms with Gasteiger partial charge in [0.2, 0.25) is 0 Å². The van der Waals surface area contributed by atoms with Crippen LogP contribution >= 0.6 is 23.2 Å². The maximum absolute atomic E-state index is 12.3. The van der Waals surface area contributed by atoms with Gasteiger partial charge in [-0.3, -0.25) is 0 Å². The third-order valence-electron chi connectivity index (χ3n) is 3.63. The first-order chi connectivity index (χ1) is 11.0. The number of rotatable bonds is 5. The molecule has 23 heavy (non-hydrogen) atoms. The summed E-state index contributed by atoms with van der Waals surface area (Å²) < 4.78 is 4.89. The lowest BCUT2D eigenvalue weighted by Gasteiger charge is -2.29. The number of allylic oxidation sites excluding steroid dienone is 1. The van der Waals surface area contributed by atoms with Gasteiger partial charge in [0, 0.05) is 5.70 Å². The molecule has 5 nitrogen and oxygen atoms in total. The van der Waals surface area contributed by atoms with Gasteiger partial charge in [0.05, 0.1) is 28.8 Å². The fraction of sp³-hybridized carbons (Fsp3) is 0.375. The van der Waals surface area contributed by atoms with Gasteiger partial charge in [0.15, 0.2) is 0 Å². The van der Waals surface area contributed by atoms with Crippen LogP contribution < -0.4 is 10.6 Å². The minimum atomic E-state index is -0.700. The molecule has 124 valence electrons. The van der Waals surface area contributed by atoms with Crippen molar-refractivity contribution in [2.75, 3.05) is 7.11 Å². The molecular weight excluding hydrogens is 339 g/mol. The fourth-order valence-electron chi connectivity index (χ4n) is 2.50. The lowest BCUT2D eigenvalue weighted by atomic mass is 9.93. The number of halogens is 2. The molecule has 0 aromatic heterocycles. The number of urea groups is 1. The molecule has 1 aliphatic rings. The van der Waals surface area contributed by atoms with Crippen molar-refractivity contribution in [3.05, 3.63) is 45.1 Å². The summed E-state index contributed by atoms with van der Waals surface area (Å²) in [6, 6.07) is 4.01. The largest absolute Gasteiger partial charge is 0.466 e. The monoisotopic (exact) mass is 356 g/mol. The maximum atomic E-state index is 12.3. The third kappa shape index (κ3) is 3.79. The van der Waals surface area contributed by atoms with Crippen molar-refractivity contribution in [1.82, 2.24) is 10.6 Å². The number of unbranched alkanes of at least 4 members (excludes halogenated alkanes) is 1. The molecule has 0 spiro atoms. The molecule has 1 aromatic carbocycles. The molecule has 1 aromatic rings. The second-order valence-electron chi connectivity index (χ2n) is 5.16. The van der Waals surface area contributed by atoms with Gasteiger partial charge in [0.25, 0.3) is 0 Å². The molecule has 1 aliphatic heterocycles. The van der Waals surface area contributed by atoms with E-state index >= 15 is 0 Å². The number of methoxy groups -OCH3 is 1. The molecule has 0 aliphatic carbocycles. The number of amides is 2. The highest BCUT2D eigenvalue weighted by Crippen LogP contribution is 2.36. The first kappa shape index (κ1) is 17.6. The summed E-state index contributed by atoms with van der Waals surface area (Å²) in [5.41, 5.74) is 1.47. The van der Waals surface area contributed by atoms with Crippen molar-refractivity contribution in [1.29, 1.82) is 0 Å². The Labute approximate surface area is 145 Å². The number of benzene rings is 1. The minimum Gasteiger partial charge on any atom is -0.466 e. The van der Waals surface area contributed by atoms with Crippen LogP contribution in [-0.4, -0.2) is 19.1 Å². The highest BCUT2D eigenvalue weighted by Gasteiger charge is 2.34. The Morgan fingerprint density at radius 2 is 2.09 bits per heavy atom. The van der Waals surface area contributed by atoms with Crippen LogP contribution in [0, 0.1) is 0 Å². The normalized spacial score (nSPS) is 17.6. The Morgan fingerprint density at radius 3 is 2.74 bits per heavy atom. The van der Waals surface area contributed by atoms with Gasteiger partial charge in [-0.05, 0) is 24.5 Å². The van der Waals surface area contributed by atoms with E-state index in [1.165, 1.54) is 7.11 Å². The average molecular weight is 357 g/mol. The molecule has 1 atom stereocenters. The summed E-state index contributed by atoms with van der Waals surface area (Å²) in [7, 11) is 1.31. The van der Waals surface area contributed by atoms with Gasteiger partial charge in [-0.25, -0.2) is 9.59 Å². The number of nitrogens with one attached hydrogen (secondary N) is 2. The van der Waals surface area contributed by atoms with Crippen molar-refractivity contribution in [3.63, 3.8) is 0 Å². The summed E-state index contributed by atoms with van der Waals surface area (Å²) in [6.45, 7) is 2.03. The van der Waals surface area contributed by atoms with E-state index in [-0.39, 0.29) is 6.03 Å². The van der Waals surface area contributed by atoms with E-state index in [4.69, 9.17) is 27.9 Å². The van der Waals surface area contributed by atoms with Crippen LogP contribution in [0.5, 0.6) is 0 Å². The molecular formula is C16H18Cl2N2O3. The number of ether oxygens (including phenoxy) is 1. The molecule has 2 amide bonds. The molecule has 2 rings (SSSR count). The highest BCUT2D eigenvalue weighted by molar-refractivity contribution is 6.42. The summed E-state index contributed by atoms with van der Waals surface area (Å²) in [4.78, 5) is 24.3. The third-order valence-corrected chi connectivity index (χ3v) is 4.47. The lowest BCUT2D eigenvalue weighted by molar-refractivity contribution is -0.136. The van der Waals surface area contributed by atoms with Gasteiger partial charge in [-0.2, -0.15) is 0 Å². The minimum absolute atomic E-state index is 0.303. The Morgan fingerprint density at radius 1 is 1.35 bits per heavy atom. The Hall–Kier alpha value is -1.72. The van der Waals surface area contributed by atoms with Gasteiger partial charge >= 0.3 is 12.0 Å². The van der Waals surface area contributed by atoms with E-state index in [0.717, 1.165) is 12.8 Å². The van der Waals surface area contributed by atoms with E-state index in [2.05, 4.69) is 10.6 Å². The zero-order valence-corrected chi connectivity index (χ0v) is 14.4. The predicted molar refractivity (Wildman–Crippen MR) is 89.4 cm³/mol. The molecule has 0 radical (unpaired) electrons. The van der Waals surface area contributed by atoms with E-state index in [1.54, 1.807) is 18.2 Å². The van der Waals surface area contributed by atoms with Crippen LogP contribution in [0.4, 0.5) is 4.79 Å². The van der Waals surface area contributed by atoms with Gasteiger partial charge in [-0.1, -0.05) is 48.7 Å². The second-order valence-corrected chi connectivity index (χ2v) is 5.95. The van der Waals surface area contributed by atoms with Crippen LogP contribution in [0.2, 0.25) is 10.0 Å². The van der Waals surface area contributed by atoms with Crippen molar-refractivity contribution >= 4 is 35.2 Å². The Bertz CT molecular complexity index is 659. The SMILES string of the molecule is CCCCC1=C(C(=O)OC)C(c2cccc(Cl)c2Cl)NC(=O)N1. The maximum Gasteiger partial charge on any atom is 0.337 e. The van der Waals surface area contributed by atoms with E-state index in [9.17, 15) is 9.59 Å². The van der Waals surface area contributed by atoms with Crippen LogP contribution in [0.1, 0.15) is 37.8 Å². The molecule has 0 fully saturated rings. The van der Waals surface area contributed by atoms with Crippen molar-refractivity contribution in [3.8, 4) is 0 Å². The Kier molecular flexibility index (Phi) is 5.91. The molecule has 0 bridgehead atoms. The van der Waals surface area contributed by atoms with Gasteiger partial charge in [-0.15, -0.1) is 0 Å². The van der Waals surface area contributed by atoms with Crippen LogP contribution in [-0.2, 0) is 9.53 Å². The summed E-state index contributed by atoms with van der Waals surface area (Å²) in [6.07, 6.45) is 2.35. The molecule has 7 heteroatoms. The van der Waals surface area contributed by atoms with Crippen LogP contribution in [0.3, 0.4) is 0 Å². The lowest BCUT2D eigenvalue weighted by Crippen LogP contribution is -2.46. The van der Waals surface area contributed by atoms with Crippen molar-refractivity contribution < 1.29 is 14.3 Å². The first-order valence-corrected chi connectivity index (χ1v) is 8.08. The molecule has 0 saturated carbocycles. The zero-order chi connectivity index (χ0) is 17.0. The zero-order valence-electron chi connectivity index (χ0n) is 12.9. The van der Waals surface area contributed by atoms with Crippen LogP contribution in [0.15, 0.2) is 29.5 Å². The predicted octanol–water partition coefficient (Wildman–Crippen LogP) is 3.96. The topological polar surface area (TPSA) is 67.4 Å². The summed E-state index contributed by atoms with van der Waals surface area (Å²) >= 11 is 12.3. The summed E-state index contributed by atoms with van der Waals surface area (Å²) in [5, 5.41) is 6.08. The number of hydrogen-bond donors (Lipinski definition) is 2. The standard InChI is InChI=1S/C16H18Cl2N2O3/c1-3-4-8-11-12(15(21)23-2)14(20-16(22)19-11)9-6-5-7-10(17)13(9)18/h5-7,14H,3-4,8H2,1-2H3,(H2,19,20,22). The molecule has 1 heterocycles. The fourth-order valence-corrected chi connectivity index (χ4v) is 2.91. The Balaban J connectivity index is 2.55. The van der Waals surface area contributed by atoms with Crippen molar-refractivity contribution in [2.24, 2.45) is 0 Å². The quantitative estimate of drug-likeness (QED) is 0.784. The first-order valence-electron chi connectivity index (χ1n) is 7.32. The smallest absolute Gasteiger partial charge is 0.337 e. The number of hydrogen-bond acceptors (Lipinski definition) is 3. The molecule has 0 saturated heterocycles. The van der Waals surface area contributed by atoms with Gasteiger partial charge in [0.1, 0.15) is 0 Å². The summed E-state index contributed by atoms with van der Waals surface area (Å²) in [5.74, 6) is -0.510. The molecule has 2 N–H and O–H groups in total. The highest BCUT2D eigenvalue weighted by atomic mass is 35.5. The number of carbonyl (C=O) groups excluding carboxylic acids is 2.